The first-order valence-electron chi connectivity index (χ1n) is 8.16. The van der Waals surface area contributed by atoms with E-state index < -0.39 is 15.7 Å². The summed E-state index contributed by atoms with van der Waals surface area (Å²) in [7, 11) is -3.51. The molecule has 0 saturated heterocycles. The van der Waals surface area contributed by atoms with Crippen molar-refractivity contribution in [3.05, 3.63) is 52.5 Å². The van der Waals surface area contributed by atoms with Gasteiger partial charge in [0.1, 0.15) is 0 Å². The van der Waals surface area contributed by atoms with Crippen LogP contribution in [0.15, 0.2) is 41.3 Å². The van der Waals surface area contributed by atoms with Crippen LogP contribution in [-0.2, 0) is 14.6 Å². The Balaban J connectivity index is 1.59. The molecule has 3 rings (SSSR count). The lowest BCUT2D eigenvalue weighted by molar-refractivity contribution is -0.120. The molecule has 1 amide bonds. The molecule has 9 heteroatoms. The zero-order valence-electron chi connectivity index (χ0n) is 14.7. The lowest BCUT2D eigenvalue weighted by Gasteiger charge is -2.07. The van der Waals surface area contributed by atoms with Crippen molar-refractivity contribution in [2.75, 3.05) is 11.2 Å². The van der Waals surface area contributed by atoms with Crippen LogP contribution in [0.2, 0.25) is 5.02 Å². The summed E-state index contributed by atoms with van der Waals surface area (Å²) in [6.07, 6.45) is -0.159. The highest BCUT2D eigenvalue weighted by molar-refractivity contribution is 7.91. The minimum absolute atomic E-state index is 0.159. The Bertz CT molecular complexity index is 1050. The van der Waals surface area contributed by atoms with Gasteiger partial charge in [-0.3, -0.25) is 15.6 Å². The maximum atomic E-state index is 12.3. The van der Waals surface area contributed by atoms with Crippen LogP contribution in [0.1, 0.15) is 17.5 Å². The fraction of sp³-hybridized carbons (Fsp3) is 0.222. The normalized spacial score (nSPS) is 11.5. The number of carbonyl (C=O) groups is 1. The topological polar surface area (TPSA) is 88.2 Å². The standard InChI is InChI=1S/C18H18ClN3O3S2/c1-11-3-6-13(7-4-11)27(24,25)10-9-15(23)21-22-18-20-16-12(2)5-8-14(19)17(16)26-18/h3-8H,9-10H2,1-2H3,(H,20,22)(H,21,23). The molecule has 2 aromatic carbocycles. The van der Waals surface area contributed by atoms with E-state index in [1.807, 2.05) is 19.9 Å². The third-order valence-corrected chi connectivity index (χ3v) is 7.15. The van der Waals surface area contributed by atoms with Gasteiger partial charge in [-0.25, -0.2) is 13.4 Å². The molecule has 2 N–H and O–H groups in total. The third-order valence-electron chi connectivity index (χ3n) is 3.98. The van der Waals surface area contributed by atoms with Crippen molar-refractivity contribution in [3.63, 3.8) is 0 Å². The van der Waals surface area contributed by atoms with E-state index in [0.717, 1.165) is 21.3 Å². The van der Waals surface area contributed by atoms with Gasteiger partial charge in [0.2, 0.25) is 11.0 Å². The number of aromatic nitrogens is 1. The molecule has 3 aromatic rings. The van der Waals surface area contributed by atoms with Crippen molar-refractivity contribution >= 4 is 54.0 Å². The number of thiazole rings is 1. The minimum atomic E-state index is -3.51. The van der Waals surface area contributed by atoms with E-state index >= 15 is 0 Å². The number of halogens is 1. The Morgan fingerprint density at radius 3 is 2.52 bits per heavy atom. The molecular weight excluding hydrogens is 406 g/mol. The van der Waals surface area contributed by atoms with E-state index in [2.05, 4.69) is 15.8 Å². The molecular formula is C18H18ClN3O3S2. The summed E-state index contributed by atoms with van der Waals surface area (Å²) in [6, 6.07) is 10.2. The maximum absolute atomic E-state index is 12.3. The van der Waals surface area contributed by atoms with Crippen LogP contribution in [0, 0.1) is 13.8 Å². The molecule has 142 valence electrons. The van der Waals surface area contributed by atoms with E-state index in [-0.39, 0.29) is 17.1 Å². The zero-order valence-corrected chi connectivity index (χ0v) is 17.1. The summed E-state index contributed by atoms with van der Waals surface area (Å²) in [5, 5.41) is 1.08. The number of anilines is 1. The Labute approximate surface area is 166 Å². The number of amides is 1. The van der Waals surface area contributed by atoms with Crippen LogP contribution >= 0.6 is 22.9 Å². The second-order valence-corrected chi connectivity index (χ2v) is 9.63. The summed E-state index contributed by atoms with van der Waals surface area (Å²) in [5.74, 6) is -0.707. The summed E-state index contributed by atoms with van der Waals surface area (Å²) in [5.41, 5.74) is 7.93. The first-order valence-corrected chi connectivity index (χ1v) is 11.0. The fourth-order valence-electron chi connectivity index (χ4n) is 2.43. The van der Waals surface area contributed by atoms with Gasteiger partial charge >= 0.3 is 0 Å². The van der Waals surface area contributed by atoms with Gasteiger partial charge in [0, 0.05) is 6.42 Å². The highest BCUT2D eigenvalue weighted by atomic mass is 35.5. The summed E-state index contributed by atoms with van der Waals surface area (Å²) in [6.45, 7) is 3.81. The van der Waals surface area contributed by atoms with E-state index in [4.69, 9.17) is 11.6 Å². The first-order chi connectivity index (χ1) is 12.8. The molecule has 0 aliphatic heterocycles. The number of hydrogen-bond acceptors (Lipinski definition) is 6. The second-order valence-electron chi connectivity index (χ2n) is 6.12. The third kappa shape index (κ3) is 4.58. The average molecular weight is 424 g/mol. The zero-order chi connectivity index (χ0) is 19.6. The maximum Gasteiger partial charge on any atom is 0.239 e. The van der Waals surface area contributed by atoms with Crippen molar-refractivity contribution in [2.45, 2.75) is 25.2 Å². The highest BCUT2D eigenvalue weighted by Gasteiger charge is 2.17. The number of nitrogens with zero attached hydrogens (tertiary/aromatic N) is 1. The van der Waals surface area contributed by atoms with Crippen LogP contribution in [0.5, 0.6) is 0 Å². The first kappa shape index (κ1) is 19.6. The van der Waals surface area contributed by atoms with Crippen LogP contribution in [0.4, 0.5) is 5.13 Å². The van der Waals surface area contributed by atoms with E-state index in [1.165, 1.54) is 11.3 Å². The van der Waals surface area contributed by atoms with Crippen molar-refractivity contribution in [3.8, 4) is 0 Å². The van der Waals surface area contributed by atoms with Gasteiger partial charge in [-0.1, -0.05) is 46.7 Å². The predicted octanol–water partition coefficient (Wildman–Crippen LogP) is 3.87. The molecule has 0 fully saturated rings. The van der Waals surface area contributed by atoms with Crippen molar-refractivity contribution < 1.29 is 13.2 Å². The van der Waals surface area contributed by atoms with Crippen molar-refractivity contribution in [1.29, 1.82) is 0 Å². The molecule has 27 heavy (non-hydrogen) atoms. The lowest BCUT2D eigenvalue weighted by Crippen LogP contribution is -2.30. The molecule has 0 saturated carbocycles. The predicted molar refractivity (Wildman–Crippen MR) is 109 cm³/mol. The molecule has 0 aliphatic carbocycles. The molecule has 1 aromatic heterocycles. The number of nitrogens with one attached hydrogen (secondary N) is 2. The Hall–Kier alpha value is -2.16. The lowest BCUT2D eigenvalue weighted by atomic mass is 10.2. The largest absolute Gasteiger partial charge is 0.273 e. The number of benzene rings is 2. The summed E-state index contributed by atoms with van der Waals surface area (Å²) >= 11 is 7.48. The van der Waals surface area contributed by atoms with Gasteiger partial charge < -0.3 is 0 Å². The molecule has 0 radical (unpaired) electrons. The molecule has 6 nitrogen and oxygen atoms in total. The number of hydrogen-bond donors (Lipinski definition) is 2. The van der Waals surface area contributed by atoms with Crippen LogP contribution in [0.3, 0.4) is 0 Å². The van der Waals surface area contributed by atoms with Gasteiger partial charge in [-0.05, 0) is 37.6 Å². The Morgan fingerprint density at radius 2 is 1.85 bits per heavy atom. The molecule has 0 bridgehead atoms. The second kappa shape index (κ2) is 7.84. The Kier molecular flexibility index (Phi) is 5.69. The van der Waals surface area contributed by atoms with E-state index in [1.54, 1.807) is 30.3 Å². The quantitative estimate of drug-likeness (QED) is 0.587. The molecule has 0 aliphatic rings. The molecule has 0 atom stereocenters. The number of sulfone groups is 1. The highest BCUT2D eigenvalue weighted by Crippen LogP contribution is 2.33. The number of carbonyl (C=O) groups excluding carboxylic acids is 1. The Morgan fingerprint density at radius 1 is 1.15 bits per heavy atom. The molecule has 1 heterocycles. The van der Waals surface area contributed by atoms with Crippen LogP contribution < -0.4 is 10.9 Å². The summed E-state index contributed by atoms with van der Waals surface area (Å²) < 4.78 is 25.4. The minimum Gasteiger partial charge on any atom is -0.273 e. The van der Waals surface area contributed by atoms with Crippen molar-refractivity contribution in [2.24, 2.45) is 0 Å². The van der Waals surface area contributed by atoms with Gasteiger partial charge in [-0.2, -0.15) is 0 Å². The van der Waals surface area contributed by atoms with Gasteiger partial charge in [0.25, 0.3) is 0 Å². The monoisotopic (exact) mass is 423 g/mol. The van der Waals surface area contributed by atoms with Gasteiger partial charge in [0.05, 0.1) is 25.9 Å². The van der Waals surface area contributed by atoms with Gasteiger partial charge in [0.15, 0.2) is 9.84 Å². The van der Waals surface area contributed by atoms with E-state index in [9.17, 15) is 13.2 Å². The van der Waals surface area contributed by atoms with Gasteiger partial charge in [-0.15, -0.1) is 0 Å². The molecule has 0 spiro atoms. The van der Waals surface area contributed by atoms with Crippen molar-refractivity contribution in [1.82, 2.24) is 10.4 Å². The van der Waals surface area contributed by atoms with E-state index in [0.29, 0.717) is 10.2 Å². The SMILES string of the molecule is Cc1ccc(S(=O)(=O)CCC(=O)NNc2nc3c(C)ccc(Cl)c3s2)cc1. The smallest absolute Gasteiger partial charge is 0.239 e. The number of hydrazine groups is 1. The average Bonchev–Trinajstić information content (AvgIpc) is 3.07. The number of fused-ring (bicyclic) bond motifs is 1. The molecule has 0 unspecified atom stereocenters. The number of aryl methyl sites for hydroxylation is 2. The number of rotatable bonds is 6. The van der Waals surface area contributed by atoms with Crippen LogP contribution in [-0.4, -0.2) is 25.1 Å². The summed E-state index contributed by atoms with van der Waals surface area (Å²) in [4.78, 5) is 16.6. The fourth-order valence-corrected chi connectivity index (χ4v) is 4.84. The van der Waals surface area contributed by atoms with Crippen LogP contribution in [0.25, 0.3) is 10.2 Å².